The molecule has 39 heavy (non-hydrogen) atoms. The molecule has 9 nitrogen and oxygen atoms in total. The SMILES string of the molecule is [2H]C([2H])(c1cccc(-c2cnn(C([2H])([2H])[2H])c2)c1)N1CCC2(CC1)COc1c2ccc2c1CN([C@H]1CCC(=O)NC1=O)C2=O. The molecule has 4 aliphatic heterocycles. The topological polar surface area (TPSA) is 96.8 Å². The van der Waals surface area contributed by atoms with Gasteiger partial charge in [-0.2, -0.15) is 5.10 Å². The minimum absolute atomic E-state index is 0.192. The third-order valence-corrected chi connectivity index (χ3v) is 8.52. The second kappa shape index (κ2) is 9.05. The molecule has 2 fully saturated rings. The number of fused-ring (bicyclic) bond motifs is 4. The number of rotatable bonds is 4. The largest absolute Gasteiger partial charge is 0.492 e. The number of aryl methyl sites for hydroxylation is 1. The van der Waals surface area contributed by atoms with Crippen molar-refractivity contribution < 1.29 is 26.0 Å². The number of carbonyl (C=O) groups excluding carboxylic acids is 3. The third-order valence-electron chi connectivity index (χ3n) is 8.52. The lowest BCUT2D eigenvalue weighted by atomic mass is 9.74. The van der Waals surface area contributed by atoms with Gasteiger partial charge in [-0.25, -0.2) is 0 Å². The molecule has 3 aromatic rings. The van der Waals surface area contributed by atoms with Gasteiger partial charge < -0.3 is 9.64 Å². The van der Waals surface area contributed by atoms with Crippen LogP contribution in [-0.4, -0.2) is 63.0 Å². The Kier molecular flexibility index (Phi) is 4.44. The summed E-state index contributed by atoms with van der Waals surface area (Å²) in [6, 6.07) is 10.1. The molecular formula is C30H31N5O4. The van der Waals surface area contributed by atoms with E-state index in [1.165, 1.54) is 17.3 Å². The zero-order valence-corrected chi connectivity index (χ0v) is 21.3. The van der Waals surface area contributed by atoms with E-state index >= 15 is 0 Å². The van der Waals surface area contributed by atoms with Crippen LogP contribution in [0.3, 0.4) is 0 Å². The fourth-order valence-electron chi connectivity index (χ4n) is 6.37. The van der Waals surface area contributed by atoms with Gasteiger partial charge in [-0.15, -0.1) is 0 Å². The number of ether oxygens (including phenoxy) is 1. The van der Waals surface area contributed by atoms with Crippen LogP contribution >= 0.6 is 0 Å². The highest BCUT2D eigenvalue weighted by Crippen LogP contribution is 2.49. The number of nitrogens with one attached hydrogen (secondary N) is 1. The Morgan fingerprint density at radius 3 is 2.85 bits per heavy atom. The fraction of sp³-hybridized carbons (Fsp3) is 0.400. The van der Waals surface area contributed by atoms with Crippen molar-refractivity contribution in [2.45, 2.75) is 50.2 Å². The van der Waals surface area contributed by atoms with Crippen LogP contribution in [0.1, 0.15) is 59.6 Å². The molecule has 4 aliphatic rings. The van der Waals surface area contributed by atoms with Gasteiger partial charge in [-0.05, 0) is 55.6 Å². The Balaban J connectivity index is 1.08. The molecular weight excluding hydrogens is 494 g/mol. The molecule has 7 rings (SSSR count). The highest BCUT2D eigenvalue weighted by atomic mass is 16.5. The first-order valence-electron chi connectivity index (χ1n) is 15.7. The van der Waals surface area contributed by atoms with Crippen LogP contribution in [0.15, 0.2) is 48.8 Å². The van der Waals surface area contributed by atoms with Gasteiger partial charge in [0.15, 0.2) is 0 Å². The van der Waals surface area contributed by atoms with E-state index in [1.54, 1.807) is 18.2 Å². The van der Waals surface area contributed by atoms with Gasteiger partial charge in [0.1, 0.15) is 11.8 Å². The Morgan fingerprint density at radius 1 is 1.18 bits per heavy atom. The van der Waals surface area contributed by atoms with Gasteiger partial charge in [0, 0.05) is 60.6 Å². The quantitative estimate of drug-likeness (QED) is 0.521. The summed E-state index contributed by atoms with van der Waals surface area (Å²) in [5.41, 5.74) is 3.74. The zero-order chi connectivity index (χ0) is 31.0. The molecule has 3 amide bonds. The van der Waals surface area contributed by atoms with Crippen LogP contribution in [0.4, 0.5) is 0 Å². The number of hydrogen-bond acceptors (Lipinski definition) is 6. The standard InChI is InChI=1S/C30H31N5O4/c1-33-16-21(14-31-33)20-4-2-3-19(13-20)15-34-11-9-30(10-12-34)18-39-27-23-17-35(25-7-8-26(36)32-28(25)37)29(38)22(23)5-6-24(27)30/h2-6,13-14,16,25H,7-12,15,17-18H2,1H3,(H,32,36,37)/t25-/m0/s1/i1D3,15D2. The molecule has 9 heteroatoms. The monoisotopic (exact) mass is 530 g/mol. The second-order valence-electron chi connectivity index (χ2n) is 10.8. The van der Waals surface area contributed by atoms with E-state index < -0.39 is 25.4 Å². The summed E-state index contributed by atoms with van der Waals surface area (Å²) in [7, 11) is 0. The average Bonchev–Trinajstić information content (AvgIpc) is 3.71. The molecule has 2 aromatic carbocycles. The third kappa shape index (κ3) is 4.03. The number of nitrogens with zero attached hydrogens (tertiary/aromatic N) is 4. The maximum atomic E-state index is 13.3. The number of aromatic nitrogens is 2. The van der Waals surface area contributed by atoms with E-state index in [0.717, 1.165) is 15.8 Å². The normalized spacial score (nSPS) is 24.7. The second-order valence-corrected chi connectivity index (χ2v) is 10.8. The maximum absolute atomic E-state index is 13.3. The van der Waals surface area contributed by atoms with Crippen LogP contribution in [0.2, 0.25) is 0 Å². The lowest BCUT2D eigenvalue weighted by molar-refractivity contribution is -0.136. The van der Waals surface area contributed by atoms with Crippen molar-refractivity contribution in [2.75, 3.05) is 19.7 Å². The molecule has 1 spiro atoms. The summed E-state index contributed by atoms with van der Waals surface area (Å²) in [6.07, 6.45) is 4.72. The van der Waals surface area contributed by atoms with Gasteiger partial charge in [-0.3, -0.25) is 29.3 Å². The number of piperidine rings is 2. The molecule has 1 aromatic heterocycles. The van der Waals surface area contributed by atoms with Crippen molar-refractivity contribution in [3.05, 3.63) is 71.0 Å². The summed E-state index contributed by atoms with van der Waals surface area (Å²) >= 11 is 0. The number of hydrogen-bond donors (Lipinski definition) is 1. The number of amides is 3. The number of imide groups is 1. The first kappa shape index (κ1) is 19.1. The van der Waals surface area contributed by atoms with Crippen molar-refractivity contribution in [3.63, 3.8) is 0 Å². The van der Waals surface area contributed by atoms with Crippen LogP contribution in [0.25, 0.3) is 11.1 Å². The van der Waals surface area contributed by atoms with Crippen LogP contribution in [0.5, 0.6) is 5.75 Å². The molecule has 1 atom stereocenters. The highest BCUT2D eigenvalue weighted by Gasteiger charge is 2.47. The van der Waals surface area contributed by atoms with E-state index in [9.17, 15) is 14.4 Å². The molecule has 1 N–H and O–H groups in total. The van der Waals surface area contributed by atoms with Crippen LogP contribution < -0.4 is 10.1 Å². The molecule has 2 saturated heterocycles. The fourth-order valence-corrected chi connectivity index (χ4v) is 6.37. The Labute approximate surface area is 233 Å². The lowest BCUT2D eigenvalue weighted by Crippen LogP contribution is -2.52. The first-order chi connectivity index (χ1) is 20.9. The van der Waals surface area contributed by atoms with Crippen molar-refractivity contribution in [2.24, 2.45) is 6.98 Å². The summed E-state index contributed by atoms with van der Waals surface area (Å²) in [5, 5.41) is 6.29. The van der Waals surface area contributed by atoms with Gasteiger partial charge >= 0.3 is 0 Å². The predicted octanol–water partition coefficient (Wildman–Crippen LogP) is 2.77. The zero-order valence-electron chi connectivity index (χ0n) is 26.3. The molecule has 0 aliphatic carbocycles. The molecule has 5 heterocycles. The van der Waals surface area contributed by atoms with Crippen LogP contribution in [-0.2, 0) is 35.0 Å². The number of carbonyl (C=O) groups is 3. The van der Waals surface area contributed by atoms with Crippen molar-refractivity contribution in [1.82, 2.24) is 24.9 Å². The van der Waals surface area contributed by atoms with Gasteiger partial charge in [-0.1, -0.05) is 24.3 Å². The smallest absolute Gasteiger partial charge is 0.255 e. The summed E-state index contributed by atoms with van der Waals surface area (Å²) in [6.45, 7) is -2.52. The number of benzene rings is 2. The van der Waals surface area contributed by atoms with E-state index in [2.05, 4.69) is 10.4 Å². The Hall–Kier alpha value is -3.98. The maximum Gasteiger partial charge on any atom is 0.255 e. The van der Waals surface area contributed by atoms with E-state index in [4.69, 9.17) is 11.6 Å². The van der Waals surface area contributed by atoms with Gasteiger partial charge in [0.05, 0.1) is 19.3 Å². The Morgan fingerprint density at radius 2 is 2.05 bits per heavy atom. The van der Waals surface area contributed by atoms with Crippen molar-refractivity contribution in [3.8, 4) is 16.9 Å². The molecule has 200 valence electrons. The summed E-state index contributed by atoms with van der Waals surface area (Å²) in [4.78, 5) is 40.7. The molecule has 0 bridgehead atoms. The van der Waals surface area contributed by atoms with Crippen LogP contribution in [0, 0.1) is 0 Å². The Bertz CT molecular complexity index is 1690. The van der Waals surface area contributed by atoms with E-state index in [-0.39, 0.29) is 30.2 Å². The summed E-state index contributed by atoms with van der Waals surface area (Å²) in [5.74, 6) is -0.326. The minimum Gasteiger partial charge on any atom is -0.492 e. The predicted molar refractivity (Wildman–Crippen MR) is 143 cm³/mol. The van der Waals surface area contributed by atoms with E-state index in [1.807, 2.05) is 23.1 Å². The van der Waals surface area contributed by atoms with Gasteiger partial charge in [0.2, 0.25) is 11.8 Å². The van der Waals surface area contributed by atoms with Gasteiger partial charge in [0.25, 0.3) is 5.91 Å². The lowest BCUT2D eigenvalue weighted by Gasteiger charge is -2.38. The van der Waals surface area contributed by atoms with E-state index in [0.29, 0.717) is 67.0 Å². The minimum atomic E-state index is -2.39. The molecule has 0 saturated carbocycles. The first-order valence-corrected chi connectivity index (χ1v) is 13.2. The van der Waals surface area contributed by atoms with Crippen molar-refractivity contribution >= 4 is 17.7 Å². The molecule has 0 unspecified atom stereocenters. The van der Waals surface area contributed by atoms with Crippen molar-refractivity contribution in [1.29, 1.82) is 0 Å². The number of likely N-dealkylation sites (tertiary alicyclic amines) is 1. The molecule has 0 radical (unpaired) electrons. The average molecular weight is 531 g/mol. The highest BCUT2D eigenvalue weighted by molar-refractivity contribution is 6.05. The summed E-state index contributed by atoms with van der Waals surface area (Å²) < 4.78 is 48.0.